The first-order valence-electron chi connectivity index (χ1n) is 13.2. The lowest BCUT2D eigenvalue weighted by Gasteiger charge is -2.10. The van der Waals surface area contributed by atoms with Crippen molar-refractivity contribution in [3.8, 4) is 16.9 Å². The van der Waals surface area contributed by atoms with E-state index in [1.54, 1.807) is 36.4 Å². The number of carbonyl (C=O) groups is 2. The van der Waals surface area contributed by atoms with Crippen LogP contribution in [-0.4, -0.2) is 18.5 Å². The monoisotopic (exact) mass is 486 g/mol. The topological polar surface area (TPSA) is 52.6 Å². The summed E-state index contributed by atoms with van der Waals surface area (Å²) in [5, 5.41) is 0. The Bertz CT molecular complexity index is 1080. The van der Waals surface area contributed by atoms with Crippen molar-refractivity contribution in [2.24, 2.45) is 5.92 Å². The molecule has 1 unspecified atom stereocenters. The van der Waals surface area contributed by atoms with E-state index in [1.165, 1.54) is 37.7 Å². The molecule has 0 saturated heterocycles. The number of esters is 2. The third-order valence-corrected chi connectivity index (χ3v) is 6.47. The lowest BCUT2D eigenvalue weighted by molar-refractivity contribution is 0.0447. The lowest BCUT2D eigenvalue weighted by atomic mass is 10.00. The molecule has 190 valence electrons. The van der Waals surface area contributed by atoms with E-state index in [4.69, 9.17) is 9.47 Å². The highest BCUT2D eigenvalue weighted by Crippen LogP contribution is 2.22. The number of aryl methyl sites for hydroxylation is 1. The van der Waals surface area contributed by atoms with Gasteiger partial charge < -0.3 is 9.47 Å². The number of benzene rings is 3. The average molecular weight is 487 g/mol. The predicted octanol–water partition coefficient (Wildman–Crippen LogP) is 8.29. The lowest BCUT2D eigenvalue weighted by Crippen LogP contribution is -2.12. The molecule has 0 radical (unpaired) electrons. The first kappa shape index (κ1) is 27.2. The van der Waals surface area contributed by atoms with Gasteiger partial charge in [0.25, 0.3) is 0 Å². The van der Waals surface area contributed by atoms with Crippen LogP contribution in [0.1, 0.15) is 85.6 Å². The fourth-order valence-corrected chi connectivity index (χ4v) is 3.84. The number of hydrogen-bond donors (Lipinski definition) is 0. The molecular weight excluding hydrogens is 448 g/mol. The van der Waals surface area contributed by atoms with Crippen molar-refractivity contribution in [3.63, 3.8) is 0 Å². The molecule has 3 aromatic rings. The molecule has 1 atom stereocenters. The Hall–Kier alpha value is -3.40. The minimum absolute atomic E-state index is 0.324. The zero-order chi connectivity index (χ0) is 25.8. The van der Waals surface area contributed by atoms with Gasteiger partial charge >= 0.3 is 11.9 Å². The number of carbonyl (C=O) groups excluding carboxylic acids is 2. The van der Waals surface area contributed by atoms with Crippen molar-refractivity contribution in [1.82, 2.24) is 0 Å². The van der Waals surface area contributed by atoms with Crippen LogP contribution in [0, 0.1) is 5.92 Å². The van der Waals surface area contributed by atoms with Crippen LogP contribution in [0.25, 0.3) is 11.1 Å². The number of rotatable bonds is 13. The van der Waals surface area contributed by atoms with Gasteiger partial charge in [0.1, 0.15) is 5.75 Å². The quantitative estimate of drug-likeness (QED) is 0.139. The van der Waals surface area contributed by atoms with Crippen LogP contribution in [0.2, 0.25) is 0 Å². The van der Waals surface area contributed by atoms with Gasteiger partial charge in [0.05, 0.1) is 17.7 Å². The zero-order valence-corrected chi connectivity index (χ0v) is 21.8. The molecule has 0 aliphatic heterocycles. The summed E-state index contributed by atoms with van der Waals surface area (Å²) >= 11 is 0. The van der Waals surface area contributed by atoms with Gasteiger partial charge in [-0.1, -0.05) is 89.3 Å². The van der Waals surface area contributed by atoms with E-state index in [9.17, 15) is 9.59 Å². The Labute approximate surface area is 215 Å². The molecule has 36 heavy (non-hydrogen) atoms. The molecule has 3 rings (SSSR count). The minimum Gasteiger partial charge on any atom is -0.462 e. The van der Waals surface area contributed by atoms with Gasteiger partial charge in [-0.3, -0.25) is 0 Å². The fourth-order valence-electron chi connectivity index (χ4n) is 3.84. The fraction of sp³-hybridized carbons (Fsp3) is 0.375. The smallest absolute Gasteiger partial charge is 0.343 e. The Morgan fingerprint density at radius 3 is 1.86 bits per heavy atom. The molecule has 0 N–H and O–H groups in total. The van der Waals surface area contributed by atoms with Gasteiger partial charge in [-0.05, 0) is 71.8 Å². The normalized spacial score (nSPS) is 11.6. The van der Waals surface area contributed by atoms with Crippen LogP contribution in [0.4, 0.5) is 0 Å². The average Bonchev–Trinajstić information content (AvgIpc) is 2.92. The third-order valence-electron chi connectivity index (χ3n) is 6.47. The number of unbranched alkanes of at least 4 members (excludes halogenated alkanes) is 4. The molecular formula is C32H38O4. The summed E-state index contributed by atoms with van der Waals surface area (Å²) in [5.41, 5.74) is 4.46. The number of ether oxygens (including phenoxy) is 2. The van der Waals surface area contributed by atoms with Crippen molar-refractivity contribution in [3.05, 3.63) is 89.5 Å². The molecule has 0 bridgehead atoms. The highest BCUT2D eigenvalue weighted by molar-refractivity contribution is 5.92. The summed E-state index contributed by atoms with van der Waals surface area (Å²) in [4.78, 5) is 24.7. The van der Waals surface area contributed by atoms with Gasteiger partial charge in [-0.15, -0.1) is 0 Å². The molecule has 4 heteroatoms. The van der Waals surface area contributed by atoms with Crippen LogP contribution in [0.3, 0.4) is 0 Å². The van der Waals surface area contributed by atoms with Gasteiger partial charge in [-0.2, -0.15) is 0 Å². The van der Waals surface area contributed by atoms with Crippen LogP contribution in [0.5, 0.6) is 5.75 Å². The summed E-state index contributed by atoms with van der Waals surface area (Å²) in [5.74, 6) is -0.103. The standard InChI is InChI=1S/C32H38O4/c1-4-6-7-8-9-10-25-11-13-26(14-12-25)27-15-17-29(18-16-27)32(34)36-30-21-19-28(20-22-30)31(33)35-23-24(3)5-2/h11-22,24H,4-10,23H2,1-3H3. The second-order valence-corrected chi connectivity index (χ2v) is 9.46. The van der Waals surface area contributed by atoms with E-state index in [2.05, 4.69) is 38.1 Å². The van der Waals surface area contributed by atoms with E-state index in [0.717, 1.165) is 24.0 Å². The highest BCUT2D eigenvalue weighted by atomic mass is 16.5. The molecule has 0 aliphatic carbocycles. The zero-order valence-electron chi connectivity index (χ0n) is 21.8. The summed E-state index contributed by atoms with van der Waals surface area (Å²) in [7, 11) is 0. The molecule has 0 amide bonds. The summed E-state index contributed by atoms with van der Waals surface area (Å²) < 4.78 is 10.8. The Morgan fingerprint density at radius 1 is 0.694 bits per heavy atom. The second kappa shape index (κ2) is 14.2. The first-order valence-corrected chi connectivity index (χ1v) is 13.2. The summed E-state index contributed by atoms with van der Waals surface area (Å²) in [6.07, 6.45) is 8.52. The number of hydrogen-bond acceptors (Lipinski definition) is 4. The van der Waals surface area contributed by atoms with E-state index in [0.29, 0.717) is 29.4 Å². The minimum atomic E-state index is -0.438. The van der Waals surface area contributed by atoms with E-state index in [-0.39, 0.29) is 5.97 Å². The van der Waals surface area contributed by atoms with Crippen molar-refractivity contribution in [1.29, 1.82) is 0 Å². The molecule has 3 aromatic carbocycles. The van der Waals surface area contributed by atoms with Crippen LogP contribution in [-0.2, 0) is 11.2 Å². The third kappa shape index (κ3) is 8.37. The highest BCUT2D eigenvalue weighted by Gasteiger charge is 2.12. The Morgan fingerprint density at radius 2 is 1.25 bits per heavy atom. The molecule has 0 aromatic heterocycles. The molecule has 0 heterocycles. The van der Waals surface area contributed by atoms with Crippen molar-refractivity contribution < 1.29 is 19.1 Å². The summed E-state index contributed by atoms with van der Waals surface area (Å²) in [6.45, 7) is 6.73. The second-order valence-electron chi connectivity index (χ2n) is 9.46. The van der Waals surface area contributed by atoms with Gasteiger partial charge in [0.15, 0.2) is 0 Å². The molecule has 0 saturated carbocycles. The van der Waals surface area contributed by atoms with Gasteiger partial charge in [0, 0.05) is 0 Å². The SMILES string of the molecule is CCCCCCCc1ccc(-c2ccc(C(=O)Oc3ccc(C(=O)OCC(C)CC)cc3)cc2)cc1. The van der Waals surface area contributed by atoms with E-state index in [1.807, 2.05) is 19.1 Å². The largest absolute Gasteiger partial charge is 0.462 e. The molecule has 0 fully saturated rings. The molecule has 0 spiro atoms. The van der Waals surface area contributed by atoms with Gasteiger partial charge in [0.2, 0.25) is 0 Å². The van der Waals surface area contributed by atoms with E-state index >= 15 is 0 Å². The van der Waals surface area contributed by atoms with Crippen LogP contribution in [0.15, 0.2) is 72.8 Å². The first-order chi connectivity index (χ1) is 17.5. The Balaban J connectivity index is 1.52. The Kier molecular flexibility index (Phi) is 10.7. The van der Waals surface area contributed by atoms with Gasteiger partial charge in [-0.25, -0.2) is 9.59 Å². The van der Waals surface area contributed by atoms with Crippen LogP contribution < -0.4 is 4.74 Å². The maximum absolute atomic E-state index is 12.6. The maximum atomic E-state index is 12.6. The van der Waals surface area contributed by atoms with Crippen molar-refractivity contribution in [2.75, 3.05) is 6.61 Å². The van der Waals surface area contributed by atoms with E-state index < -0.39 is 5.97 Å². The van der Waals surface area contributed by atoms with Crippen LogP contribution >= 0.6 is 0 Å². The summed E-state index contributed by atoms with van der Waals surface area (Å²) in [6, 6.07) is 22.5. The molecule has 4 nitrogen and oxygen atoms in total. The predicted molar refractivity (Wildman–Crippen MR) is 145 cm³/mol. The maximum Gasteiger partial charge on any atom is 0.343 e. The van der Waals surface area contributed by atoms with Crippen molar-refractivity contribution in [2.45, 2.75) is 65.7 Å². The molecule has 0 aliphatic rings. The van der Waals surface area contributed by atoms with Crippen molar-refractivity contribution >= 4 is 11.9 Å².